The molecule has 0 saturated carbocycles. The van der Waals surface area contributed by atoms with Crippen molar-refractivity contribution in [2.75, 3.05) is 38.4 Å². The van der Waals surface area contributed by atoms with E-state index in [4.69, 9.17) is 23.7 Å². The predicted molar refractivity (Wildman–Crippen MR) is 103 cm³/mol. The number of alkyl halides is 3. The highest BCUT2D eigenvalue weighted by atomic mass is 19.4. The summed E-state index contributed by atoms with van der Waals surface area (Å²) < 4.78 is 66.4. The number of esters is 2. The number of hydrogen-bond donors (Lipinski definition) is 1. The second-order valence-corrected chi connectivity index (χ2v) is 6.20. The lowest BCUT2D eigenvalue weighted by Crippen LogP contribution is -2.34. The number of carbonyl (C=O) groups excluding carboxylic acids is 2. The Hall–Kier alpha value is -2.95. The first-order chi connectivity index (χ1) is 14.7. The summed E-state index contributed by atoms with van der Waals surface area (Å²) in [7, 11) is 0. The molecule has 1 aliphatic rings. The lowest BCUT2D eigenvalue weighted by molar-refractivity contribution is -0.146. The maximum absolute atomic E-state index is 13.6. The zero-order valence-electron chi connectivity index (χ0n) is 17.3. The molecule has 0 bridgehead atoms. The number of carbonyl (C=O) groups is 2. The molecule has 31 heavy (non-hydrogen) atoms. The highest BCUT2D eigenvalue weighted by molar-refractivity contribution is 6.14. The average molecular weight is 447 g/mol. The fourth-order valence-corrected chi connectivity index (χ4v) is 2.63. The van der Waals surface area contributed by atoms with Crippen LogP contribution < -0.4 is 14.8 Å². The second-order valence-electron chi connectivity index (χ2n) is 6.20. The number of halogens is 3. The lowest BCUT2D eigenvalue weighted by Gasteiger charge is -2.29. The molecule has 0 spiro atoms. The summed E-state index contributed by atoms with van der Waals surface area (Å²) in [4.78, 5) is 24.0. The molecule has 11 heteroatoms. The molecule has 1 unspecified atom stereocenters. The van der Waals surface area contributed by atoms with Crippen LogP contribution in [-0.2, 0) is 30.0 Å². The van der Waals surface area contributed by atoms with Crippen molar-refractivity contribution in [1.82, 2.24) is 0 Å². The van der Waals surface area contributed by atoms with Crippen molar-refractivity contribution in [2.45, 2.75) is 33.1 Å². The van der Waals surface area contributed by atoms with Gasteiger partial charge in [0.2, 0.25) is 0 Å². The zero-order valence-corrected chi connectivity index (χ0v) is 17.3. The topological polar surface area (TPSA) is 92.3 Å². The van der Waals surface area contributed by atoms with Crippen LogP contribution in [0.25, 0.3) is 0 Å². The van der Waals surface area contributed by atoms with Gasteiger partial charge in [0.25, 0.3) is 0 Å². The van der Waals surface area contributed by atoms with Crippen LogP contribution in [0.15, 0.2) is 23.9 Å². The highest BCUT2D eigenvalue weighted by Crippen LogP contribution is 2.45. The van der Waals surface area contributed by atoms with Crippen LogP contribution >= 0.6 is 0 Å². The van der Waals surface area contributed by atoms with E-state index in [9.17, 15) is 22.8 Å². The normalized spacial score (nSPS) is 15.1. The Bertz CT molecular complexity index is 804. The van der Waals surface area contributed by atoms with Gasteiger partial charge in [-0.2, -0.15) is 13.2 Å². The van der Waals surface area contributed by atoms with Gasteiger partial charge in [0, 0.05) is 24.6 Å². The highest BCUT2D eigenvalue weighted by Gasteiger charge is 2.38. The maximum atomic E-state index is 13.6. The van der Waals surface area contributed by atoms with E-state index in [0.29, 0.717) is 6.61 Å². The number of ether oxygens (including phenoxy) is 5. The molecule has 1 N–H and O–H groups in total. The van der Waals surface area contributed by atoms with Crippen LogP contribution in [-0.4, -0.2) is 51.1 Å². The Balaban J connectivity index is 2.38. The molecular weight excluding hydrogens is 423 g/mol. The minimum absolute atomic E-state index is 0.000949. The van der Waals surface area contributed by atoms with Gasteiger partial charge < -0.3 is 29.0 Å². The van der Waals surface area contributed by atoms with Crippen LogP contribution in [0.4, 0.5) is 18.9 Å². The van der Waals surface area contributed by atoms with Crippen molar-refractivity contribution >= 4 is 17.6 Å². The van der Waals surface area contributed by atoms with Crippen molar-refractivity contribution in [3.05, 3.63) is 29.5 Å². The molecule has 1 aromatic carbocycles. The van der Waals surface area contributed by atoms with Gasteiger partial charge in [-0.1, -0.05) is 0 Å². The van der Waals surface area contributed by atoms with Crippen LogP contribution in [0, 0.1) is 0 Å². The Labute approximate surface area is 177 Å². The van der Waals surface area contributed by atoms with E-state index < -0.39 is 41.1 Å². The van der Waals surface area contributed by atoms with Crippen molar-refractivity contribution in [3.8, 4) is 11.5 Å². The Morgan fingerprint density at radius 3 is 2.32 bits per heavy atom. The summed E-state index contributed by atoms with van der Waals surface area (Å²) in [6, 6.07) is 2.06. The second kappa shape index (κ2) is 10.9. The van der Waals surface area contributed by atoms with Gasteiger partial charge in [-0.3, -0.25) is 0 Å². The van der Waals surface area contributed by atoms with Crippen molar-refractivity contribution in [3.63, 3.8) is 0 Å². The number of hydrogen-bond acceptors (Lipinski definition) is 8. The van der Waals surface area contributed by atoms with Gasteiger partial charge in [0.15, 0.2) is 23.2 Å². The van der Waals surface area contributed by atoms with Crippen molar-refractivity contribution in [1.29, 1.82) is 0 Å². The summed E-state index contributed by atoms with van der Waals surface area (Å²) >= 11 is 0. The lowest BCUT2D eigenvalue weighted by atomic mass is 10.1. The average Bonchev–Trinajstić information content (AvgIpc) is 2.71. The fourth-order valence-electron chi connectivity index (χ4n) is 2.63. The number of fused-ring (bicyclic) bond motifs is 1. The van der Waals surface area contributed by atoms with Gasteiger partial charge in [-0.25, -0.2) is 9.59 Å². The number of nitrogens with one attached hydrogen (secondary N) is 1. The molecule has 1 aromatic rings. The third kappa shape index (κ3) is 6.51. The predicted octanol–water partition coefficient (Wildman–Crippen LogP) is 3.30. The van der Waals surface area contributed by atoms with Gasteiger partial charge in [-0.05, 0) is 26.8 Å². The van der Waals surface area contributed by atoms with Crippen molar-refractivity contribution < 1.29 is 46.4 Å². The molecule has 2 rings (SSSR count). The molecule has 8 nitrogen and oxygen atoms in total. The van der Waals surface area contributed by atoms with E-state index in [-0.39, 0.29) is 37.9 Å². The minimum atomic E-state index is -4.73. The Kier molecular flexibility index (Phi) is 8.55. The summed E-state index contributed by atoms with van der Waals surface area (Å²) in [5.41, 5.74) is -1.65. The standard InChI is InChI=1S/C20H24F3NO7/c1-4-27-10-13-11-30-17-15(20(21,22)23)7-12(8-16(17)31-13)24-9-14(18(25)28-5-2)19(26)29-6-3/h7-9,13,24H,4-6,10-11H2,1-3H3. The molecule has 172 valence electrons. The third-order valence-electron chi connectivity index (χ3n) is 3.95. The molecule has 1 aliphatic heterocycles. The molecular formula is C20H24F3NO7. The number of anilines is 1. The Morgan fingerprint density at radius 1 is 1.13 bits per heavy atom. The SMILES string of the molecule is CCOCC1COc2c(cc(NC=C(C(=O)OCC)C(=O)OCC)cc2C(F)(F)F)O1. The molecule has 1 heterocycles. The minimum Gasteiger partial charge on any atom is -0.485 e. The van der Waals surface area contributed by atoms with Crippen molar-refractivity contribution in [2.24, 2.45) is 0 Å². The van der Waals surface area contributed by atoms with Crippen LogP contribution in [0.3, 0.4) is 0 Å². The van der Waals surface area contributed by atoms with E-state index in [1.54, 1.807) is 20.8 Å². The number of benzene rings is 1. The largest absolute Gasteiger partial charge is 0.485 e. The van der Waals surface area contributed by atoms with Gasteiger partial charge in [0.05, 0.1) is 19.8 Å². The van der Waals surface area contributed by atoms with E-state index in [1.165, 1.54) is 6.07 Å². The smallest absolute Gasteiger partial charge is 0.420 e. The van der Waals surface area contributed by atoms with Crippen LogP contribution in [0.2, 0.25) is 0 Å². The molecule has 0 aromatic heterocycles. The quantitative estimate of drug-likeness (QED) is 0.267. The summed E-state index contributed by atoms with van der Waals surface area (Å²) in [6.07, 6.45) is -4.39. The molecule has 0 amide bonds. The van der Waals surface area contributed by atoms with Crippen LogP contribution in [0.5, 0.6) is 11.5 Å². The zero-order chi connectivity index (χ0) is 23.0. The first kappa shape index (κ1) is 24.3. The van der Waals surface area contributed by atoms with E-state index in [1.807, 2.05) is 0 Å². The monoisotopic (exact) mass is 447 g/mol. The van der Waals surface area contributed by atoms with E-state index >= 15 is 0 Å². The van der Waals surface area contributed by atoms with Crippen LogP contribution in [0.1, 0.15) is 26.3 Å². The first-order valence-corrected chi connectivity index (χ1v) is 9.64. The molecule has 0 aliphatic carbocycles. The van der Waals surface area contributed by atoms with E-state index in [0.717, 1.165) is 12.3 Å². The molecule has 0 fully saturated rings. The third-order valence-corrected chi connectivity index (χ3v) is 3.95. The Morgan fingerprint density at radius 2 is 1.77 bits per heavy atom. The molecule has 0 radical (unpaired) electrons. The maximum Gasteiger partial charge on any atom is 0.420 e. The van der Waals surface area contributed by atoms with Gasteiger partial charge in [-0.15, -0.1) is 0 Å². The summed E-state index contributed by atoms with van der Waals surface area (Å²) in [6.45, 7) is 5.32. The summed E-state index contributed by atoms with van der Waals surface area (Å²) in [5.74, 6) is -2.53. The molecule has 0 saturated heterocycles. The van der Waals surface area contributed by atoms with E-state index in [2.05, 4.69) is 5.32 Å². The first-order valence-electron chi connectivity index (χ1n) is 9.64. The summed E-state index contributed by atoms with van der Waals surface area (Å²) in [5, 5.41) is 2.51. The fraction of sp³-hybridized carbons (Fsp3) is 0.500. The molecule has 1 atom stereocenters. The van der Waals surface area contributed by atoms with Gasteiger partial charge in [0.1, 0.15) is 12.2 Å². The van der Waals surface area contributed by atoms with Gasteiger partial charge >= 0.3 is 18.1 Å². The number of rotatable bonds is 9.